The lowest BCUT2D eigenvalue weighted by atomic mass is 10.4. The van der Waals surface area contributed by atoms with Crippen molar-refractivity contribution in [3.05, 3.63) is 30.1 Å². The fraction of sp³-hybridized carbons (Fsp3) is 0.250. The van der Waals surface area contributed by atoms with Gasteiger partial charge in [0, 0.05) is 4.90 Å². The van der Waals surface area contributed by atoms with E-state index < -0.39 is 0 Å². The predicted molar refractivity (Wildman–Crippen MR) is 49.3 cm³/mol. The van der Waals surface area contributed by atoms with Gasteiger partial charge in [0.2, 0.25) is 0 Å². The summed E-state index contributed by atoms with van der Waals surface area (Å²) in [5, 5.41) is 2.94. The van der Waals surface area contributed by atoms with Crippen molar-refractivity contribution in [1.29, 1.82) is 0 Å². The minimum Gasteiger partial charge on any atom is -0.307 e. The monoisotopic (exact) mass is 186 g/mol. The average Bonchev–Trinajstić information content (AvgIpc) is 2.09. The largest absolute Gasteiger partial charge is 0.307 e. The van der Waals surface area contributed by atoms with Crippen molar-refractivity contribution < 1.29 is 4.39 Å². The van der Waals surface area contributed by atoms with E-state index in [2.05, 4.69) is 10.0 Å². The average molecular weight is 186 g/mol. The van der Waals surface area contributed by atoms with Gasteiger partial charge in [0.15, 0.2) is 0 Å². The Labute approximate surface area is 75.7 Å². The van der Waals surface area contributed by atoms with Gasteiger partial charge in [0.1, 0.15) is 5.82 Å². The lowest BCUT2D eigenvalue weighted by Crippen LogP contribution is -2.19. The van der Waals surface area contributed by atoms with Gasteiger partial charge in [-0.15, -0.1) is 0 Å². The molecule has 0 aliphatic carbocycles. The van der Waals surface area contributed by atoms with Crippen molar-refractivity contribution in [3.63, 3.8) is 0 Å². The third-order valence-electron chi connectivity index (χ3n) is 1.25. The maximum atomic E-state index is 12.4. The molecule has 0 spiro atoms. The summed E-state index contributed by atoms with van der Waals surface area (Å²) in [5.74, 6) is -0.201. The van der Waals surface area contributed by atoms with E-state index in [1.54, 1.807) is 12.1 Å². The Morgan fingerprint density at radius 2 is 2.00 bits per heavy atom. The molecule has 0 fully saturated rings. The third-order valence-corrected chi connectivity index (χ3v) is 2.05. The summed E-state index contributed by atoms with van der Waals surface area (Å²) >= 11 is 1.47. The molecule has 0 aliphatic rings. The van der Waals surface area contributed by atoms with E-state index in [0.29, 0.717) is 0 Å². The van der Waals surface area contributed by atoms with Crippen molar-refractivity contribution in [2.45, 2.75) is 4.90 Å². The molecule has 0 heterocycles. The molecule has 1 aromatic carbocycles. The van der Waals surface area contributed by atoms with Crippen LogP contribution in [0.2, 0.25) is 0 Å². The highest BCUT2D eigenvalue weighted by molar-refractivity contribution is 7.97. The highest BCUT2D eigenvalue weighted by atomic mass is 32.2. The summed E-state index contributed by atoms with van der Waals surface area (Å²) in [7, 11) is 1.86. The molecule has 0 atom stereocenters. The molecule has 1 rings (SSSR count). The summed E-state index contributed by atoms with van der Waals surface area (Å²) < 4.78 is 15.5. The molecule has 2 nitrogen and oxygen atoms in total. The third kappa shape index (κ3) is 3.21. The van der Waals surface area contributed by atoms with Crippen LogP contribution in [-0.4, -0.2) is 13.7 Å². The number of benzene rings is 1. The second-order valence-electron chi connectivity index (χ2n) is 2.23. The molecule has 0 radical (unpaired) electrons. The van der Waals surface area contributed by atoms with Crippen LogP contribution in [0.5, 0.6) is 0 Å². The quantitative estimate of drug-likeness (QED) is 0.424. The Bertz CT molecular complexity index is 225. The van der Waals surface area contributed by atoms with E-state index in [9.17, 15) is 4.39 Å². The maximum absolute atomic E-state index is 12.4. The molecule has 1 aromatic rings. The van der Waals surface area contributed by atoms with Gasteiger partial charge in [-0.3, -0.25) is 0 Å². The highest BCUT2D eigenvalue weighted by Crippen LogP contribution is 2.13. The highest BCUT2D eigenvalue weighted by Gasteiger charge is 1.92. The molecule has 0 bridgehead atoms. The standard InChI is InChI=1S/C8H11FN2S/c1-10-6-11-12-8-4-2-7(9)3-5-8/h2-5,10-11H,6H2,1H3. The zero-order valence-electron chi connectivity index (χ0n) is 6.80. The molecular formula is C8H11FN2S. The summed E-state index contributed by atoms with van der Waals surface area (Å²) in [6.07, 6.45) is 0. The van der Waals surface area contributed by atoms with Gasteiger partial charge in [0.05, 0.1) is 6.67 Å². The number of hydrogen-bond acceptors (Lipinski definition) is 3. The minimum absolute atomic E-state index is 0.201. The lowest BCUT2D eigenvalue weighted by Gasteiger charge is -2.01. The lowest BCUT2D eigenvalue weighted by molar-refractivity contribution is 0.626. The van der Waals surface area contributed by atoms with E-state index >= 15 is 0 Å². The summed E-state index contributed by atoms with van der Waals surface area (Å²) in [6, 6.07) is 6.37. The van der Waals surface area contributed by atoms with Crippen molar-refractivity contribution >= 4 is 11.9 Å². The molecule has 4 heteroatoms. The first-order valence-corrected chi connectivity index (χ1v) is 4.44. The van der Waals surface area contributed by atoms with Gasteiger partial charge in [-0.05, 0) is 43.3 Å². The molecule has 0 amide bonds. The van der Waals surface area contributed by atoms with Gasteiger partial charge < -0.3 is 5.32 Å². The van der Waals surface area contributed by atoms with Gasteiger partial charge in [-0.2, -0.15) is 0 Å². The molecule has 66 valence electrons. The molecule has 12 heavy (non-hydrogen) atoms. The second-order valence-corrected chi connectivity index (χ2v) is 3.19. The van der Waals surface area contributed by atoms with Crippen LogP contribution in [0.4, 0.5) is 4.39 Å². The van der Waals surface area contributed by atoms with E-state index in [4.69, 9.17) is 0 Å². The SMILES string of the molecule is CNCNSc1ccc(F)cc1. The number of halogens is 1. The zero-order chi connectivity index (χ0) is 8.81. The van der Waals surface area contributed by atoms with E-state index in [-0.39, 0.29) is 5.82 Å². The van der Waals surface area contributed by atoms with Crippen molar-refractivity contribution in [3.8, 4) is 0 Å². The van der Waals surface area contributed by atoms with Crippen LogP contribution in [-0.2, 0) is 0 Å². The Morgan fingerprint density at radius 3 is 2.58 bits per heavy atom. The van der Waals surface area contributed by atoms with E-state index in [0.717, 1.165) is 11.6 Å². The van der Waals surface area contributed by atoms with E-state index in [1.165, 1.54) is 24.1 Å². The Hall–Kier alpha value is -0.580. The number of rotatable bonds is 4. The fourth-order valence-electron chi connectivity index (χ4n) is 0.694. The molecular weight excluding hydrogens is 175 g/mol. The normalized spacial score (nSPS) is 10.2. The first-order chi connectivity index (χ1) is 5.83. The fourth-order valence-corrected chi connectivity index (χ4v) is 1.35. The first kappa shape index (κ1) is 9.51. The van der Waals surface area contributed by atoms with Crippen LogP contribution in [0.3, 0.4) is 0 Å². The molecule has 0 unspecified atom stereocenters. The van der Waals surface area contributed by atoms with Crippen LogP contribution < -0.4 is 10.0 Å². The maximum Gasteiger partial charge on any atom is 0.123 e. The molecule has 2 N–H and O–H groups in total. The summed E-state index contributed by atoms with van der Waals surface area (Å²) in [6.45, 7) is 0.724. The van der Waals surface area contributed by atoms with Crippen LogP contribution in [0, 0.1) is 5.82 Å². The molecule has 0 saturated heterocycles. The van der Waals surface area contributed by atoms with Gasteiger partial charge in [-0.1, -0.05) is 0 Å². The number of nitrogens with one attached hydrogen (secondary N) is 2. The minimum atomic E-state index is -0.201. The van der Waals surface area contributed by atoms with Crippen molar-refractivity contribution in [2.75, 3.05) is 13.7 Å². The zero-order valence-corrected chi connectivity index (χ0v) is 7.62. The van der Waals surface area contributed by atoms with Crippen molar-refractivity contribution in [2.24, 2.45) is 0 Å². The topological polar surface area (TPSA) is 24.1 Å². The summed E-state index contributed by atoms with van der Waals surface area (Å²) in [5.41, 5.74) is 0. The van der Waals surface area contributed by atoms with Crippen LogP contribution >= 0.6 is 11.9 Å². The molecule has 0 aromatic heterocycles. The molecule has 0 aliphatic heterocycles. The Morgan fingerprint density at radius 1 is 1.33 bits per heavy atom. The van der Waals surface area contributed by atoms with Crippen LogP contribution in [0.15, 0.2) is 29.2 Å². The van der Waals surface area contributed by atoms with E-state index in [1.807, 2.05) is 7.05 Å². The Kier molecular flexibility index (Phi) is 4.07. The second kappa shape index (κ2) is 5.13. The summed E-state index contributed by atoms with van der Waals surface area (Å²) in [4.78, 5) is 1.01. The van der Waals surface area contributed by atoms with Crippen LogP contribution in [0.25, 0.3) is 0 Å². The van der Waals surface area contributed by atoms with Gasteiger partial charge >= 0.3 is 0 Å². The van der Waals surface area contributed by atoms with Crippen molar-refractivity contribution in [1.82, 2.24) is 10.0 Å². The predicted octanol–water partition coefficient (Wildman–Crippen LogP) is 1.60. The Balaban J connectivity index is 2.37. The van der Waals surface area contributed by atoms with Gasteiger partial charge in [0.25, 0.3) is 0 Å². The molecule has 0 saturated carbocycles. The van der Waals surface area contributed by atoms with Crippen LogP contribution in [0.1, 0.15) is 0 Å². The first-order valence-electron chi connectivity index (χ1n) is 3.63. The smallest absolute Gasteiger partial charge is 0.123 e. The number of hydrogen-bond donors (Lipinski definition) is 2. The van der Waals surface area contributed by atoms with Gasteiger partial charge in [-0.25, -0.2) is 9.11 Å².